The fourth-order valence-corrected chi connectivity index (χ4v) is 3.29. The zero-order valence-electron chi connectivity index (χ0n) is 19.3. The van der Waals surface area contributed by atoms with Crippen molar-refractivity contribution >= 4 is 23.2 Å². The van der Waals surface area contributed by atoms with E-state index in [-0.39, 0.29) is 24.0 Å². The number of nitrogens with one attached hydrogen (secondary N) is 2. The van der Waals surface area contributed by atoms with Crippen LogP contribution in [0.4, 0.5) is 15.8 Å². The molecular formula is C26H27FN2O5. The summed E-state index contributed by atoms with van der Waals surface area (Å²) in [5.41, 5.74) is 1.77. The third-order valence-corrected chi connectivity index (χ3v) is 4.82. The van der Waals surface area contributed by atoms with E-state index in [0.717, 1.165) is 0 Å². The van der Waals surface area contributed by atoms with Gasteiger partial charge >= 0.3 is 0 Å². The fourth-order valence-electron chi connectivity index (χ4n) is 3.29. The lowest BCUT2D eigenvalue weighted by Crippen LogP contribution is -2.17. The predicted molar refractivity (Wildman–Crippen MR) is 128 cm³/mol. The first-order valence-electron chi connectivity index (χ1n) is 10.9. The maximum absolute atomic E-state index is 14.0. The van der Waals surface area contributed by atoms with E-state index in [1.807, 2.05) is 19.9 Å². The summed E-state index contributed by atoms with van der Waals surface area (Å²) in [6.45, 7) is 4.31. The third-order valence-electron chi connectivity index (χ3n) is 4.82. The van der Waals surface area contributed by atoms with Gasteiger partial charge < -0.3 is 24.8 Å². The Morgan fingerprint density at radius 3 is 2.00 bits per heavy atom. The summed E-state index contributed by atoms with van der Waals surface area (Å²) in [5, 5.41) is 5.63. The molecule has 0 spiro atoms. The number of halogens is 1. The molecular weight excluding hydrogens is 439 g/mol. The van der Waals surface area contributed by atoms with Crippen molar-refractivity contribution in [1.29, 1.82) is 0 Å². The van der Waals surface area contributed by atoms with Gasteiger partial charge in [-0.1, -0.05) is 24.3 Å². The first-order valence-corrected chi connectivity index (χ1v) is 10.9. The van der Waals surface area contributed by atoms with Gasteiger partial charge in [-0.15, -0.1) is 0 Å². The van der Waals surface area contributed by atoms with Crippen molar-refractivity contribution in [2.45, 2.75) is 20.3 Å². The molecule has 7 nitrogen and oxygen atoms in total. The third kappa shape index (κ3) is 6.25. The topological polar surface area (TPSA) is 85.9 Å². The van der Waals surface area contributed by atoms with Crippen molar-refractivity contribution in [3.8, 4) is 17.2 Å². The van der Waals surface area contributed by atoms with Crippen molar-refractivity contribution in [2.75, 3.05) is 31.0 Å². The van der Waals surface area contributed by atoms with Crippen LogP contribution in [0.15, 0.2) is 60.7 Å². The van der Waals surface area contributed by atoms with Crippen LogP contribution in [0.1, 0.15) is 29.8 Å². The zero-order valence-corrected chi connectivity index (χ0v) is 19.3. The average molecular weight is 467 g/mol. The van der Waals surface area contributed by atoms with Crippen LogP contribution in [0.25, 0.3) is 0 Å². The van der Waals surface area contributed by atoms with Gasteiger partial charge in [0.25, 0.3) is 5.91 Å². The summed E-state index contributed by atoms with van der Waals surface area (Å²) in [4.78, 5) is 25.4. The smallest absolute Gasteiger partial charge is 0.255 e. The maximum atomic E-state index is 14.0. The molecule has 0 aliphatic carbocycles. The molecule has 3 rings (SSSR count). The molecule has 0 fully saturated rings. The van der Waals surface area contributed by atoms with Gasteiger partial charge in [0.2, 0.25) is 5.91 Å². The van der Waals surface area contributed by atoms with E-state index in [1.54, 1.807) is 42.5 Å². The second-order valence-corrected chi connectivity index (χ2v) is 7.22. The Morgan fingerprint density at radius 1 is 0.824 bits per heavy atom. The highest BCUT2D eigenvalue weighted by molar-refractivity contribution is 6.05. The van der Waals surface area contributed by atoms with Gasteiger partial charge in [0.1, 0.15) is 11.5 Å². The number of amides is 2. The Hall–Kier alpha value is -4.07. The van der Waals surface area contributed by atoms with E-state index in [9.17, 15) is 14.0 Å². The van der Waals surface area contributed by atoms with Crippen LogP contribution in [-0.2, 0) is 11.2 Å². The van der Waals surface area contributed by atoms with Crippen LogP contribution in [-0.4, -0.2) is 32.1 Å². The monoisotopic (exact) mass is 466 g/mol. The number of anilines is 2. The molecule has 0 saturated carbocycles. The molecule has 34 heavy (non-hydrogen) atoms. The predicted octanol–water partition coefficient (Wildman–Crippen LogP) is 5.07. The summed E-state index contributed by atoms with van der Waals surface area (Å²) in [5.74, 6) is -0.363. The second kappa shape index (κ2) is 11.7. The molecule has 0 saturated heterocycles. The molecule has 0 heterocycles. The molecule has 0 aliphatic heterocycles. The highest BCUT2D eigenvalue weighted by Gasteiger charge is 2.17. The molecule has 2 amide bonds. The molecule has 8 heteroatoms. The van der Waals surface area contributed by atoms with Crippen molar-refractivity contribution in [3.63, 3.8) is 0 Å². The highest BCUT2D eigenvalue weighted by Crippen LogP contribution is 2.37. The molecule has 0 bridgehead atoms. The molecule has 0 radical (unpaired) electrons. The van der Waals surface area contributed by atoms with Crippen LogP contribution in [0.2, 0.25) is 0 Å². The van der Waals surface area contributed by atoms with E-state index in [0.29, 0.717) is 47.2 Å². The first kappa shape index (κ1) is 24.6. The SMILES string of the molecule is CCOc1cc(NC(=O)c2ccccc2)c(OCC)cc1NC(=O)Cc1ccc(OC)c(F)c1. The number of rotatable bonds is 10. The summed E-state index contributed by atoms with van der Waals surface area (Å²) >= 11 is 0. The van der Waals surface area contributed by atoms with Gasteiger partial charge in [0, 0.05) is 17.7 Å². The normalized spacial score (nSPS) is 10.4. The van der Waals surface area contributed by atoms with Gasteiger partial charge in [-0.05, 0) is 43.7 Å². The van der Waals surface area contributed by atoms with Gasteiger partial charge in [0.05, 0.1) is 38.1 Å². The van der Waals surface area contributed by atoms with Gasteiger partial charge in [-0.2, -0.15) is 0 Å². The van der Waals surface area contributed by atoms with Crippen molar-refractivity contribution in [2.24, 2.45) is 0 Å². The van der Waals surface area contributed by atoms with Crippen molar-refractivity contribution in [3.05, 3.63) is 77.6 Å². The van der Waals surface area contributed by atoms with E-state index in [4.69, 9.17) is 14.2 Å². The number of carbonyl (C=O) groups excluding carboxylic acids is 2. The van der Waals surface area contributed by atoms with E-state index >= 15 is 0 Å². The van der Waals surface area contributed by atoms with Crippen LogP contribution < -0.4 is 24.8 Å². The zero-order chi connectivity index (χ0) is 24.5. The number of carbonyl (C=O) groups is 2. The second-order valence-electron chi connectivity index (χ2n) is 7.22. The van der Waals surface area contributed by atoms with Crippen LogP contribution in [0.3, 0.4) is 0 Å². The average Bonchev–Trinajstić information content (AvgIpc) is 2.82. The lowest BCUT2D eigenvalue weighted by molar-refractivity contribution is -0.115. The fraction of sp³-hybridized carbons (Fsp3) is 0.231. The summed E-state index contributed by atoms with van der Waals surface area (Å²) < 4.78 is 30.3. The Bertz CT molecular complexity index is 1150. The van der Waals surface area contributed by atoms with Crippen LogP contribution in [0, 0.1) is 5.82 Å². The Balaban J connectivity index is 1.84. The van der Waals surface area contributed by atoms with Crippen LogP contribution in [0.5, 0.6) is 17.2 Å². The van der Waals surface area contributed by atoms with Gasteiger partial charge in [0.15, 0.2) is 11.6 Å². The van der Waals surface area contributed by atoms with Gasteiger partial charge in [-0.3, -0.25) is 9.59 Å². The summed E-state index contributed by atoms with van der Waals surface area (Å²) in [6, 6.07) is 16.3. The number of methoxy groups -OCH3 is 1. The minimum atomic E-state index is -0.542. The minimum absolute atomic E-state index is 0.0526. The van der Waals surface area contributed by atoms with E-state index in [1.165, 1.54) is 19.2 Å². The first-order chi connectivity index (χ1) is 16.4. The molecule has 2 N–H and O–H groups in total. The highest BCUT2D eigenvalue weighted by atomic mass is 19.1. The summed E-state index contributed by atoms with van der Waals surface area (Å²) in [6.07, 6.45) is -0.0526. The van der Waals surface area contributed by atoms with Gasteiger partial charge in [-0.25, -0.2) is 4.39 Å². The standard InChI is InChI=1S/C26H27FN2O5/c1-4-33-23-16-21(29-26(31)18-9-7-6-8-10-18)24(34-5-2)15-20(23)28-25(30)14-17-11-12-22(32-3)19(27)13-17/h6-13,15-16H,4-5,14H2,1-3H3,(H,28,30)(H,29,31). The molecule has 0 atom stereocenters. The van der Waals surface area contributed by atoms with Crippen molar-refractivity contribution in [1.82, 2.24) is 0 Å². The number of hydrogen-bond acceptors (Lipinski definition) is 5. The molecule has 3 aromatic rings. The Labute approximate surface area is 197 Å². The number of hydrogen-bond donors (Lipinski definition) is 2. The molecule has 178 valence electrons. The molecule has 0 unspecified atom stereocenters. The lowest BCUT2D eigenvalue weighted by Gasteiger charge is -2.18. The molecule has 0 aromatic heterocycles. The Kier molecular flexibility index (Phi) is 8.45. The van der Waals surface area contributed by atoms with E-state index in [2.05, 4.69) is 10.6 Å². The van der Waals surface area contributed by atoms with Crippen LogP contribution >= 0.6 is 0 Å². The molecule has 3 aromatic carbocycles. The maximum Gasteiger partial charge on any atom is 0.255 e. The quantitative estimate of drug-likeness (QED) is 0.436. The van der Waals surface area contributed by atoms with Crippen molar-refractivity contribution < 1.29 is 28.2 Å². The molecule has 0 aliphatic rings. The summed E-state index contributed by atoms with van der Waals surface area (Å²) in [7, 11) is 1.38. The Morgan fingerprint density at radius 2 is 1.44 bits per heavy atom. The van der Waals surface area contributed by atoms with E-state index < -0.39 is 5.82 Å². The largest absolute Gasteiger partial charge is 0.494 e. The number of ether oxygens (including phenoxy) is 3. The number of benzene rings is 3. The lowest BCUT2D eigenvalue weighted by atomic mass is 10.1. The minimum Gasteiger partial charge on any atom is -0.494 e.